The van der Waals surface area contributed by atoms with Gasteiger partial charge in [0.2, 0.25) is 0 Å². The number of ether oxygens (including phenoxy) is 1. The largest absolute Gasteiger partial charge is 0.496 e. The van der Waals surface area contributed by atoms with E-state index in [2.05, 4.69) is 26.7 Å². The lowest BCUT2D eigenvalue weighted by Gasteiger charge is -2.15. The van der Waals surface area contributed by atoms with E-state index < -0.39 is 0 Å². The van der Waals surface area contributed by atoms with Crippen LogP contribution in [0.4, 0.5) is 10.2 Å². The third kappa shape index (κ3) is 2.67. The molecule has 0 bridgehead atoms. The van der Waals surface area contributed by atoms with Gasteiger partial charge in [-0.25, -0.2) is 4.39 Å². The SMILES string of the molecule is COc1cccc2c1CCC2Nc1ccc2nnc(-c3ccccc3F)n2n1. The molecule has 1 unspecified atom stereocenters. The Kier molecular flexibility index (Phi) is 3.93. The molecular formula is C21H18FN5O. The van der Waals surface area contributed by atoms with E-state index in [1.54, 1.807) is 29.8 Å². The monoisotopic (exact) mass is 375 g/mol. The Morgan fingerprint density at radius 2 is 1.96 bits per heavy atom. The van der Waals surface area contributed by atoms with Crippen molar-refractivity contribution in [2.24, 2.45) is 0 Å². The highest BCUT2D eigenvalue weighted by molar-refractivity contribution is 5.60. The summed E-state index contributed by atoms with van der Waals surface area (Å²) in [5.41, 5.74) is 3.40. The lowest BCUT2D eigenvalue weighted by atomic mass is 10.1. The summed E-state index contributed by atoms with van der Waals surface area (Å²) in [4.78, 5) is 0. The van der Waals surface area contributed by atoms with E-state index in [0.717, 1.165) is 18.6 Å². The number of rotatable bonds is 4. The van der Waals surface area contributed by atoms with Crippen molar-refractivity contribution in [2.45, 2.75) is 18.9 Å². The molecule has 1 N–H and O–H groups in total. The summed E-state index contributed by atoms with van der Waals surface area (Å²) in [6.07, 6.45) is 1.91. The Morgan fingerprint density at radius 3 is 2.82 bits per heavy atom. The first-order chi connectivity index (χ1) is 13.7. The van der Waals surface area contributed by atoms with Gasteiger partial charge in [-0.1, -0.05) is 24.3 Å². The minimum Gasteiger partial charge on any atom is -0.496 e. The fourth-order valence-corrected chi connectivity index (χ4v) is 3.82. The van der Waals surface area contributed by atoms with Gasteiger partial charge in [0.25, 0.3) is 0 Å². The molecule has 1 aliphatic rings. The van der Waals surface area contributed by atoms with Crippen LogP contribution in [0.3, 0.4) is 0 Å². The van der Waals surface area contributed by atoms with Gasteiger partial charge in [0.15, 0.2) is 11.5 Å². The number of aromatic nitrogens is 4. The molecule has 0 aliphatic heterocycles. The van der Waals surface area contributed by atoms with Crippen LogP contribution in [0.25, 0.3) is 17.0 Å². The molecule has 2 heterocycles. The standard InChI is InChI=1S/C21H18FN5O/c1-28-18-8-4-6-13-14(18)9-10-17(13)23-19-11-12-20-24-25-21(27(20)26-19)15-5-2-3-7-16(15)22/h2-8,11-12,17H,9-10H2,1H3,(H,23,26). The topological polar surface area (TPSA) is 64.3 Å². The van der Waals surface area contributed by atoms with Crippen molar-refractivity contribution < 1.29 is 9.13 Å². The van der Waals surface area contributed by atoms with Gasteiger partial charge in [0.05, 0.1) is 18.7 Å². The van der Waals surface area contributed by atoms with Gasteiger partial charge in [0, 0.05) is 0 Å². The molecule has 0 spiro atoms. The Morgan fingerprint density at radius 1 is 1.07 bits per heavy atom. The number of halogens is 1. The number of nitrogens with zero attached hydrogens (tertiary/aromatic N) is 4. The molecule has 0 amide bonds. The third-order valence-electron chi connectivity index (χ3n) is 5.15. The van der Waals surface area contributed by atoms with Crippen LogP contribution in [0.5, 0.6) is 5.75 Å². The predicted molar refractivity (Wildman–Crippen MR) is 104 cm³/mol. The van der Waals surface area contributed by atoms with Gasteiger partial charge in [-0.2, -0.15) is 4.52 Å². The molecule has 140 valence electrons. The van der Waals surface area contributed by atoms with Gasteiger partial charge in [-0.15, -0.1) is 15.3 Å². The Hall–Kier alpha value is -3.48. The van der Waals surface area contributed by atoms with E-state index in [1.807, 2.05) is 24.3 Å². The first-order valence-electron chi connectivity index (χ1n) is 9.14. The smallest absolute Gasteiger partial charge is 0.188 e. The lowest BCUT2D eigenvalue weighted by molar-refractivity contribution is 0.410. The lowest BCUT2D eigenvalue weighted by Crippen LogP contribution is -2.10. The van der Waals surface area contributed by atoms with Crippen LogP contribution >= 0.6 is 0 Å². The van der Waals surface area contributed by atoms with Crippen LogP contribution in [0.15, 0.2) is 54.6 Å². The second-order valence-electron chi connectivity index (χ2n) is 6.76. The van der Waals surface area contributed by atoms with Gasteiger partial charge >= 0.3 is 0 Å². The van der Waals surface area contributed by atoms with Crippen molar-refractivity contribution in [3.05, 3.63) is 71.5 Å². The van der Waals surface area contributed by atoms with Crippen LogP contribution in [0, 0.1) is 5.82 Å². The highest BCUT2D eigenvalue weighted by Crippen LogP contribution is 2.38. The Labute approximate surface area is 161 Å². The van der Waals surface area contributed by atoms with Crippen molar-refractivity contribution in [1.82, 2.24) is 19.8 Å². The quantitative estimate of drug-likeness (QED) is 0.583. The second kappa shape index (κ2) is 6.60. The summed E-state index contributed by atoms with van der Waals surface area (Å²) in [5, 5.41) is 16.3. The molecule has 0 fully saturated rings. The minimum atomic E-state index is -0.353. The molecule has 0 radical (unpaired) electrons. The summed E-state index contributed by atoms with van der Waals surface area (Å²) in [7, 11) is 1.70. The van der Waals surface area contributed by atoms with Gasteiger partial charge in [0.1, 0.15) is 17.4 Å². The summed E-state index contributed by atoms with van der Waals surface area (Å²) >= 11 is 0. The number of hydrogen-bond donors (Lipinski definition) is 1. The average Bonchev–Trinajstić information content (AvgIpc) is 3.32. The van der Waals surface area contributed by atoms with Crippen molar-refractivity contribution >= 4 is 11.5 Å². The molecule has 2 aromatic heterocycles. The molecule has 4 aromatic rings. The predicted octanol–water partition coefficient (Wildman–Crippen LogP) is 4.04. The molecule has 5 rings (SSSR count). The fourth-order valence-electron chi connectivity index (χ4n) is 3.82. The molecule has 2 aromatic carbocycles. The summed E-state index contributed by atoms with van der Waals surface area (Å²) < 4.78 is 21.3. The molecule has 7 heteroatoms. The van der Waals surface area contributed by atoms with Crippen LogP contribution in [0.1, 0.15) is 23.6 Å². The van der Waals surface area contributed by atoms with Crippen molar-refractivity contribution in [3.8, 4) is 17.1 Å². The first-order valence-corrected chi connectivity index (χ1v) is 9.14. The number of nitrogens with one attached hydrogen (secondary N) is 1. The number of methoxy groups -OCH3 is 1. The highest BCUT2D eigenvalue weighted by atomic mass is 19.1. The van der Waals surface area contributed by atoms with Crippen LogP contribution in [0.2, 0.25) is 0 Å². The highest BCUT2D eigenvalue weighted by Gasteiger charge is 2.25. The first kappa shape index (κ1) is 16.7. The number of benzene rings is 2. The number of anilines is 1. The summed E-state index contributed by atoms with van der Waals surface area (Å²) in [5.74, 6) is 1.63. The maximum atomic E-state index is 14.2. The van der Waals surface area contributed by atoms with Crippen molar-refractivity contribution in [1.29, 1.82) is 0 Å². The van der Waals surface area contributed by atoms with E-state index in [0.29, 0.717) is 22.9 Å². The summed E-state index contributed by atoms with van der Waals surface area (Å²) in [6, 6.07) is 16.4. The fraction of sp³-hybridized carbons (Fsp3) is 0.190. The normalized spacial score (nSPS) is 15.6. The Bertz CT molecular complexity index is 1170. The Balaban J connectivity index is 1.51. The van der Waals surface area contributed by atoms with Crippen molar-refractivity contribution in [2.75, 3.05) is 12.4 Å². The zero-order valence-corrected chi connectivity index (χ0v) is 15.3. The maximum Gasteiger partial charge on any atom is 0.188 e. The van der Waals surface area contributed by atoms with Gasteiger partial charge < -0.3 is 10.1 Å². The molecule has 0 saturated carbocycles. The van der Waals surface area contributed by atoms with E-state index in [9.17, 15) is 4.39 Å². The van der Waals surface area contributed by atoms with E-state index in [-0.39, 0.29) is 11.9 Å². The van der Waals surface area contributed by atoms with Crippen LogP contribution < -0.4 is 10.1 Å². The second-order valence-corrected chi connectivity index (χ2v) is 6.76. The van der Waals surface area contributed by atoms with E-state index >= 15 is 0 Å². The van der Waals surface area contributed by atoms with E-state index in [4.69, 9.17) is 4.74 Å². The average molecular weight is 375 g/mol. The zero-order valence-electron chi connectivity index (χ0n) is 15.3. The third-order valence-corrected chi connectivity index (χ3v) is 5.15. The van der Waals surface area contributed by atoms with Crippen molar-refractivity contribution in [3.63, 3.8) is 0 Å². The molecule has 1 aliphatic carbocycles. The van der Waals surface area contributed by atoms with Gasteiger partial charge in [-0.05, 0) is 54.3 Å². The number of hydrogen-bond acceptors (Lipinski definition) is 5. The molecule has 1 atom stereocenters. The molecule has 0 saturated heterocycles. The molecular weight excluding hydrogens is 357 g/mol. The maximum absolute atomic E-state index is 14.2. The zero-order chi connectivity index (χ0) is 19.1. The molecule has 28 heavy (non-hydrogen) atoms. The minimum absolute atomic E-state index is 0.142. The van der Waals surface area contributed by atoms with Gasteiger partial charge in [-0.3, -0.25) is 0 Å². The van der Waals surface area contributed by atoms with Crippen LogP contribution in [-0.4, -0.2) is 26.9 Å². The summed E-state index contributed by atoms with van der Waals surface area (Å²) in [6.45, 7) is 0. The van der Waals surface area contributed by atoms with Crippen LogP contribution in [-0.2, 0) is 6.42 Å². The molecule has 6 nitrogen and oxygen atoms in total. The number of fused-ring (bicyclic) bond motifs is 2. The van der Waals surface area contributed by atoms with E-state index in [1.165, 1.54) is 17.2 Å².